The minimum Gasteiger partial charge on any atom is -0.496 e. The number of rotatable bonds is 10. The standard InChI is InChI=1S/C26H27FN2O6S/c1-3-29(26(32)28-16-18-7-5-4-6-8-18)17-36(33,34)24-15-20(27)10-11-21(24)22-13-19(14-25(30)31)9-12-23(22)35-2/h4-13,15H,3,14,16-17H2,1-2H3,(H,28,32)(H,30,31). The number of halogens is 1. The number of methoxy groups -OCH3 is 1. The van der Waals surface area contributed by atoms with Crippen LogP contribution in [0.1, 0.15) is 18.1 Å². The third-order valence-corrected chi connectivity index (χ3v) is 7.13. The van der Waals surface area contributed by atoms with Crippen LogP contribution in [0, 0.1) is 5.82 Å². The molecule has 3 aromatic rings. The molecule has 0 aromatic heterocycles. The fourth-order valence-corrected chi connectivity index (χ4v) is 5.33. The Balaban J connectivity index is 1.95. The number of aliphatic carboxylic acids is 1. The summed E-state index contributed by atoms with van der Waals surface area (Å²) in [5.74, 6) is -2.22. The first-order chi connectivity index (χ1) is 17.1. The van der Waals surface area contributed by atoms with Gasteiger partial charge in [-0.25, -0.2) is 17.6 Å². The maximum Gasteiger partial charge on any atom is 0.318 e. The normalized spacial score (nSPS) is 11.1. The van der Waals surface area contributed by atoms with Gasteiger partial charge < -0.3 is 20.1 Å². The lowest BCUT2D eigenvalue weighted by atomic mass is 10.0. The number of carbonyl (C=O) groups excluding carboxylic acids is 1. The third kappa shape index (κ3) is 6.60. The van der Waals surface area contributed by atoms with Crippen molar-refractivity contribution in [3.63, 3.8) is 0 Å². The summed E-state index contributed by atoms with van der Waals surface area (Å²) in [6, 6.07) is 16.5. The highest BCUT2D eigenvalue weighted by molar-refractivity contribution is 7.91. The minimum absolute atomic E-state index is 0.0991. The maximum atomic E-state index is 14.2. The summed E-state index contributed by atoms with van der Waals surface area (Å²) in [5.41, 5.74) is 1.71. The number of nitrogens with zero attached hydrogens (tertiary/aromatic N) is 1. The van der Waals surface area contributed by atoms with Gasteiger partial charge in [0.2, 0.25) is 0 Å². The van der Waals surface area contributed by atoms with Crippen LogP contribution in [-0.2, 0) is 27.6 Å². The van der Waals surface area contributed by atoms with Crippen molar-refractivity contribution in [2.45, 2.75) is 24.8 Å². The predicted octanol–water partition coefficient (Wildman–Crippen LogP) is 4.09. The number of urea groups is 1. The Hall–Kier alpha value is -3.92. The van der Waals surface area contributed by atoms with Gasteiger partial charge in [-0.3, -0.25) is 4.79 Å². The van der Waals surface area contributed by atoms with E-state index in [9.17, 15) is 22.4 Å². The van der Waals surface area contributed by atoms with Crippen LogP contribution in [0.2, 0.25) is 0 Å². The van der Waals surface area contributed by atoms with Gasteiger partial charge in [0.1, 0.15) is 17.4 Å². The second kappa shape index (κ2) is 11.7. The van der Waals surface area contributed by atoms with Crippen LogP contribution in [0.3, 0.4) is 0 Å². The number of carboxylic acids is 1. The summed E-state index contributed by atoms with van der Waals surface area (Å²) in [7, 11) is -2.82. The monoisotopic (exact) mass is 514 g/mol. The van der Waals surface area contributed by atoms with E-state index in [1.165, 1.54) is 25.3 Å². The molecule has 3 rings (SSSR count). The lowest BCUT2D eigenvalue weighted by molar-refractivity contribution is -0.136. The van der Waals surface area contributed by atoms with Crippen LogP contribution in [-0.4, -0.2) is 50.0 Å². The molecule has 36 heavy (non-hydrogen) atoms. The Morgan fingerprint density at radius 3 is 2.36 bits per heavy atom. The van der Waals surface area contributed by atoms with Crippen molar-refractivity contribution in [1.29, 1.82) is 0 Å². The summed E-state index contributed by atoms with van der Waals surface area (Å²) in [6.45, 7) is 1.96. The molecule has 0 aliphatic heterocycles. The molecule has 0 atom stereocenters. The fraction of sp³-hybridized carbons (Fsp3) is 0.231. The molecule has 8 nitrogen and oxygen atoms in total. The van der Waals surface area contributed by atoms with Crippen molar-refractivity contribution in [3.8, 4) is 16.9 Å². The molecule has 0 saturated heterocycles. The first-order valence-corrected chi connectivity index (χ1v) is 12.8. The van der Waals surface area contributed by atoms with Crippen LogP contribution in [0.25, 0.3) is 11.1 Å². The molecule has 2 amide bonds. The second-order valence-electron chi connectivity index (χ2n) is 7.99. The van der Waals surface area contributed by atoms with Crippen molar-refractivity contribution in [2.24, 2.45) is 0 Å². The number of amides is 2. The maximum absolute atomic E-state index is 14.2. The lowest BCUT2D eigenvalue weighted by Gasteiger charge is -2.22. The van der Waals surface area contributed by atoms with Gasteiger partial charge in [0.05, 0.1) is 18.4 Å². The largest absolute Gasteiger partial charge is 0.496 e. The summed E-state index contributed by atoms with van der Waals surface area (Å²) in [5, 5.41) is 11.8. The molecule has 190 valence electrons. The van der Waals surface area contributed by atoms with Crippen molar-refractivity contribution < 1.29 is 32.2 Å². The molecule has 0 fully saturated rings. The molecule has 0 bridgehead atoms. The van der Waals surface area contributed by atoms with Gasteiger partial charge in [-0.1, -0.05) is 42.5 Å². The highest BCUT2D eigenvalue weighted by atomic mass is 32.2. The van der Waals surface area contributed by atoms with Gasteiger partial charge >= 0.3 is 12.0 Å². The van der Waals surface area contributed by atoms with Gasteiger partial charge in [-0.15, -0.1) is 0 Å². The van der Waals surface area contributed by atoms with Crippen LogP contribution < -0.4 is 10.1 Å². The Morgan fingerprint density at radius 1 is 1.00 bits per heavy atom. The van der Waals surface area contributed by atoms with Crippen molar-refractivity contribution in [3.05, 3.63) is 83.7 Å². The van der Waals surface area contributed by atoms with Crippen molar-refractivity contribution >= 4 is 21.8 Å². The summed E-state index contributed by atoms with van der Waals surface area (Å²) in [6.07, 6.45) is -0.286. The smallest absolute Gasteiger partial charge is 0.318 e. The molecule has 0 aliphatic carbocycles. The van der Waals surface area contributed by atoms with E-state index in [0.717, 1.165) is 22.6 Å². The minimum atomic E-state index is -4.21. The lowest BCUT2D eigenvalue weighted by Crippen LogP contribution is -2.42. The van der Waals surface area contributed by atoms with E-state index in [1.807, 2.05) is 30.3 Å². The molecule has 0 spiro atoms. The van der Waals surface area contributed by atoms with Crippen molar-refractivity contribution in [1.82, 2.24) is 10.2 Å². The molecule has 0 aliphatic rings. The molecule has 2 N–H and O–H groups in total. The van der Waals surface area contributed by atoms with Gasteiger partial charge in [0.15, 0.2) is 9.84 Å². The highest BCUT2D eigenvalue weighted by Gasteiger charge is 2.27. The van der Waals surface area contributed by atoms with Gasteiger partial charge in [0, 0.05) is 24.2 Å². The van der Waals surface area contributed by atoms with E-state index < -0.39 is 33.5 Å². The zero-order valence-corrected chi connectivity index (χ0v) is 20.7. The second-order valence-corrected chi connectivity index (χ2v) is 9.92. The molecule has 3 aromatic carbocycles. The number of hydrogen-bond donors (Lipinski definition) is 2. The van der Waals surface area contributed by atoms with E-state index in [-0.39, 0.29) is 30.0 Å². The SMILES string of the molecule is CCN(CS(=O)(=O)c1cc(F)ccc1-c1cc(CC(=O)O)ccc1OC)C(=O)NCc1ccccc1. The third-order valence-electron chi connectivity index (χ3n) is 5.47. The molecule has 10 heteroatoms. The van der Waals surface area contributed by atoms with Crippen LogP contribution in [0.4, 0.5) is 9.18 Å². The average Bonchev–Trinajstić information content (AvgIpc) is 2.86. The van der Waals surface area contributed by atoms with Crippen molar-refractivity contribution in [2.75, 3.05) is 19.5 Å². The summed E-state index contributed by atoms with van der Waals surface area (Å²) in [4.78, 5) is 24.7. The Morgan fingerprint density at radius 2 is 1.72 bits per heavy atom. The van der Waals surface area contributed by atoms with E-state index in [0.29, 0.717) is 16.9 Å². The molecule has 0 unspecified atom stereocenters. The molecular formula is C26H27FN2O6S. The van der Waals surface area contributed by atoms with Crippen LogP contribution in [0.15, 0.2) is 71.6 Å². The number of carbonyl (C=O) groups is 2. The Bertz CT molecular complexity index is 1350. The zero-order chi connectivity index (χ0) is 26.3. The van der Waals surface area contributed by atoms with Crippen LogP contribution in [0.5, 0.6) is 5.75 Å². The topological polar surface area (TPSA) is 113 Å². The predicted molar refractivity (Wildman–Crippen MR) is 133 cm³/mol. The van der Waals surface area contributed by atoms with E-state index in [1.54, 1.807) is 13.0 Å². The molecular weight excluding hydrogens is 487 g/mol. The van der Waals surface area contributed by atoms with Crippen LogP contribution >= 0.6 is 0 Å². The molecule has 0 radical (unpaired) electrons. The van der Waals surface area contributed by atoms with Gasteiger partial charge in [-0.05, 0) is 42.3 Å². The van der Waals surface area contributed by atoms with E-state index in [2.05, 4.69) is 5.32 Å². The summed E-state index contributed by atoms with van der Waals surface area (Å²) >= 11 is 0. The molecule has 0 saturated carbocycles. The number of sulfone groups is 1. The van der Waals surface area contributed by atoms with E-state index in [4.69, 9.17) is 9.84 Å². The first-order valence-electron chi connectivity index (χ1n) is 11.1. The highest BCUT2D eigenvalue weighted by Crippen LogP contribution is 2.36. The van der Waals surface area contributed by atoms with E-state index >= 15 is 0 Å². The number of hydrogen-bond acceptors (Lipinski definition) is 5. The molecule has 0 heterocycles. The Kier molecular flexibility index (Phi) is 8.65. The number of nitrogens with one attached hydrogen (secondary N) is 1. The number of ether oxygens (including phenoxy) is 1. The average molecular weight is 515 g/mol. The number of carboxylic acid groups (broad SMARTS) is 1. The van der Waals surface area contributed by atoms with Gasteiger partial charge in [-0.2, -0.15) is 0 Å². The Labute approximate surface area is 209 Å². The van der Waals surface area contributed by atoms with Gasteiger partial charge in [0.25, 0.3) is 0 Å². The first kappa shape index (κ1) is 26.7. The fourth-order valence-electron chi connectivity index (χ4n) is 3.68. The number of benzene rings is 3. The summed E-state index contributed by atoms with van der Waals surface area (Å²) < 4.78 is 46.5. The zero-order valence-electron chi connectivity index (χ0n) is 19.9. The quantitative estimate of drug-likeness (QED) is 0.421.